The first-order chi connectivity index (χ1) is 9.13. The van der Waals surface area contributed by atoms with Crippen LogP contribution in [-0.2, 0) is 4.79 Å². The van der Waals surface area contributed by atoms with Crippen molar-refractivity contribution >= 4 is 28.3 Å². The number of ketones is 1. The molecule has 0 N–H and O–H groups in total. The normalized spacial score (nSPS) is 12.4. The van der Waals surface area contributed by atoms with Crippen LogP contribution in [0.4, 0.5) is 0 Å². The molecule has 100 valence electrons. The molecular weight excluding hydrogens is 262 g/mol. The highest BCUT2D eigenvalue weighted by molar-refractivity contribution is 6.35. The van der Waals surface area contributed by atoms with E-state index in [-0.39, 0.29) is 18.3 Å². The summed E-state index contributed by atoms with van der Waals surface area (Å²) >= 11 is 6.10. The van der Waals surface area contributed by atoms with Gasteiger partial charge in [-0.15, -0.1) is 0 Å². The Morgan fingerprint density at radius 1 is 1.42 bits per heavy atom. The fourth-order valence-electron chi connectivity index (χ4n) is 1.75. The average Bonchev–Trinajstić information content (AvgIpc) is 2.45. The van der Waals surface area contributed by atoms with E-state index in [1.807, 2.05) is 26.0 Å². The maximum atomic E-state index is 11.8. The Kier molecular flexibility index (Phi) is 4.38. The van der Waals surface area contributed by atoms with Crippen molar-refractivity contribution in [2.75, 3.05) is 6.61 Å². The van der Waals surface area contributed by atoms with Gasteiger partial charge in [0, 0.05) is 17.5 Å². The van der Waals surface area contributed by atoms with Gasteiger partial charge >= 0.3 is 0 Å². The molecule has 0 radical (unpaired) electrons. The number of nitrogens with zero attached hydrogens (tertiary/aromatic N) is 1. The van der Waals surface area contributed by atoms with E-state index in [2.05, 4.69) is 4.98 Å². The highest BCUT2D eigenvalue weighted by atomic mass is 35.5. The summed E-state index contributed by atoms with van der Waals surface area (Å²) in [4.78, 5) is 16.0. The van der Waals surface area contributed by atoms with Crippen molar-refractivity contribution in [1.29, 1.82) is 0 Å². The molecule has 2 aromatic rings. The lowest BCUT2D eigenvalue weighted by atomic mass is 10.0. The van der Waals surface area contributed by atoms with Gasteiger partial charge in [-0.05, 0) is 30.7 Å². The number of pyridine rings is 1. The molecular formula is C15H16ClNO2. The topological polar surface area (TPSA) is 39.2 Å². The molecule has 1 unspecified atom stereocenters. The van der Waals surface area contributed by atoms with E-state index in [4.69, 9.17) is 16.3 Å². The number of fused-ring (bicyclic) bond motifs is 1. The summed E-state index contributed by atoms with van der Waals surface area (Å²) in [7, 11) is 0. The van der Waals surface area contributed by atoms with E-state index in [0.29, 0.717) is 16.3 Å². The molecule has 0 saturated heterocycles. The van der Waals surface area contributed by atoms with Crippen LogP contribution in [0, 0.1) is 5.92 Å². The van der Waals surface area contributed by atoms with Crippen LogP contribution >= 0.6 is 11.6 Å². The highest BCUT2D eigenvalue weighted by Crippen LogP contribution is 2.29. The van der Waals surface area contributed by atoms with Gasteiger partial charge in [-0.25, -0.2) is 0 Å². The van der Waals surface area contributed by atoms with Crippen LogP contribution in [0.1, 0.15) is 20.3 Å². The first-order valence-corrected chi connectivity index (χ1v) is 6.70. The van der Waals surface area contributed by atoms with Gasteiger partial charge in [-0.1, -0.05) is 25.4 Å². The van der Waals surface area contributed by atoms with E-state index < -0.39 is 0 Å². The largest absolute Gasteiger partial charge is 0.484 e. The Labute approximate surface area is 117 Å². The first-order valence-electron chi connectivity index (χ1n) is 6.32. The molecule has 1 atom stereocenters. The van der Waals surface area contributed by atoms with Gasteiger partial charge in [0.2, 0.25) is 0 Å². The van der Waals surface area contributed by atoms with E-state index in [0.717, 1.165) is 11.8 Å². The number of halogens is 1. The van der Waals surface area contributed by atoms with Crippen LogP contribution in [0.15, 0.2) is 30.5 Å². The van der Waals surface area contributed by atoms with E-state index in [1.165, 1.54) is 0 Å². The number of ether oxygens (including phenoxy) is 1. The van der Waals surface area contributed by atoms with Crippen LogP contribution in [-0.4, -0.2) is 17.4 Å². The lowest BCUT2D eigenvalue weighted by Gasteiger charge is -2.11. The summed E-state index contributed by atoms with van der Waals surface area (Å²) < 4.78 is 5.59. The van der Waals surface area contributed by atoms with Gasteiger partial charge in [0.1, 0.15) is 17.9 Å². The van der Waals surface area contributed by atoms with Gasteiger partial charge in [0.15, 0.2) is 5.78 Å². The standard InChI is InChI=1S/C15H16ClNO2/c1-3-10(2)13(18)9-19-14-7-6-12(16)11-5-4-8-17-15(11)14/h4-8,10H,3,9H2,1-2H3. The molecule has 4 heteroatoms. The Hall–Kier alpha value is -1.61. The van der Waals surface area contributed by atoms with Gasteiger partial charge < -0.3 is 4.74 Å². The number of carbonyl (C=O) groups is 1. The minimum absolute atomic E-state index is 0.0199. The Morgan fingerprint density at radius 3 is 2.95 bits per heavy atom. The van der Waals surface area contributed by atoms with Crippen LogP contribution in [0.25, 0.3) is 10.9 Å². The van der Waals surface area contributed by atoms with Crippen molar-refractivity contribution in [3.63, 3.8) is 0 Å². The van der Waals surface area contributed by atoms with Crippen molar-refractivity contribution in [2.24, 2.45) is 5.92 Å². The lowest BCUT2D eigenvalue weighted by Crippen LogP contribution is -2.18. The van der Waals surface area contributed by atoms with Gasteiger partial charge in [-0.2, -0.15) is 0 Å². The second-order valence-electron chi connectivity index (χ2n) is 4.51. The molecule has 1 heterocycles. The zero-order valence-electron chi connectivity index (χ0n) is 11.0. The van der Waals surface area contributed by atoms with Crippen LogP contribution in [0.2, 0.25) is 5.02 Å². The molecule has 1 aromatic carbocycles. The smallest absolute Gasteiger partial charge is 0.172 e. The third-order valence-electron chi connectivity index (χ3n) is 3.21. The van der Waals surface area contributed by atoms with E-state index in [1.54, 1.807) is 18.3 Å². The summed E-state index contributed by atoms with van der Waals surface area (Å²) in [5.74, 6) is 0.713. The molecule has 19 heavy (non-hydrogen) atoms. The molecule has 0 aliphatic rings. The third kappa shape index (κ3) is 3.04. The zero-order chi connectivity index (χ0) is 13.8. The summed E-state index contributed by atoms with van der Waals surface area (Å²) in [5.41, 5.74) is 0.687. The summed E-state index contributed by atoms with van der Waals surface area (Å²) in [5, 5.41) is 1.46. The zero-order valence-corrected chi connectivity index (χ0v) is 11.8. The minimum atomic E-state index is 0.0199. The van der Waals surface area contributed by atoms with Crippen molar-refractivity contribution in [3.05, 3.63) is 35.5 Å². The summed E-state index contributed by atoms with van der Waals surface area (Å²) in [6, 6.07) is 7.21. The van der Waals surface area contributed by atoms with Crippen molar-refractivity contribution < 1.29 is 9.53 Å². The number of benzene rings is 1. The Morgan fingerprint density at radius 2 is 2.21 bits per heavy atom. The molecule has 0 bridgehead atoms. The van der Waals surface area contributed by atoms with Gasteiger partial charge in [0.25, 0.3) is 0 Å². The van der Waals surface area contributed by atoms with E-state index >= 15 is 0 Å². The molecule has 0 spiro atoms. The maximum Gasteiger partial charge on any atom is 0.172 e. The minimum Gasteiger partial charge on any atom is -0.484 e. The molecule has 2 rings (SSSR count). The number of rotatable bonds is 5. The van der Waals surface area contributed by atoms with Crippen LogP contribution in [0.5, 0.6) is 5.75 Å². The monoisotopic (exact) mass is 277 g/mol. The number of Topliss-reactive ketones (excluding diaryl/α,β-unsaturated/α-hetero) is 1. The molecule has 0 aliphatic carbocycles. The number of hydrogen-bond donors (Lipinski definition) is 0. The second-order valence-corrected chi connectivity index (χ2v) is 4.92. The first kappa shape index (κ1) is 13.8. The third-order valence-corrected chi connectivity index (χ3v) is 3.54. The fourth-order valence-corrected chi connectivity index (χ4v) is 1.96. The number of hydrogen-bond acceptors (Lipinski definition) is 3. The second kappa shape index (κ2) is 6.02. The average molecular weight is 278 g/mol. The molecule has 0 saturated carbocycles. The van der Waals surface area contributed by atoms with Crippen molar-refractivity contribution in [2.45, 2.75) is 20.3 Å². The van der Waals surface area contributed by atoms with Crippen LogP contribution in [0.3, 0.4) is 0 Å². The summed E-state index contributed by atoms with van der Waals surface area (Å²) in [6.07, 6.45) is 2.50. The number of aromatic nitrogens is 1. The molecule has 3 nitrogen and oxygen atoms in total. The SMILES string of the molecule is CCC(C)C(=O)COc1ccc(Cl)c2cccnc12. The molecule has 0 amide bonds. The van der Waals surface area contributed by atoms with Crippen LogP contribution < -0.4 is 4.74 Å². The number of carbonyl (C=O) groups excluding carboxylic acids is 1. The molecule has 0 aliphatic heterocycles. The highest BCUT2D eigenvalue weighted by Gasteiger charge is 2.13. The lowest BCUT2D eigenvalue weighted by molar-refractivity contribution is -0.124. The molecule has 0 fully saturated rings. The maximum absolute atomic E-state index is 11.8. The summed E-state index contributed by atoms with van der Waals surface area (Å²) in [6.45, 7) is 3.97. The Bertz CT molecular complexity index is 598. The van der Waals surface area contributed by atoms with Crippen molar-refractivity contribution in [1.82, 2.24) is 4.98 Å². The van der Waals surface area contributed by atoms with Gasteiger partial charge in [0.05, 0.1) is 5.02 Å². The molecule has 1 aromatic heterocycles. The quantitative estimate of drug-likeness (QED) is 0.832. The predicted molar refractivity (Wildman–Crippen MR) is 76.7 cm³/mol. The van der Waals surface area contributed by atoms with Crippen molar-refractivity contribution in [3.8, 4) is 5.75 Å². The predicted octanol–water partition coefficient (Wildman–Crippen LogP) is 3.88. The van der Waals surface area contributed by atoms with E-state index in [9.17, 15) is 4.79 Å². The Balaban J connectivity index is 2.22. The van der Waals surface area contributed by atoms with Gasteiger partial charge in [-0.3, -0.25) is 9.78 Å². The fraction of sp³-hybridized carbons (Fsp3) is 0.333.